The Balaban J connectivity index is 0. The molecule has 0 radical (unpaired) electrons. The second-order valence-corrected chi connectivity index (χ2v) is 1.89. The summed E-state index contributed by atoms with van der Waals surface area (Å²) in [6, 6.07) is 0. The van der Waals surface area contributed by atoms with Crippen molar-refractivity contribution in [3.63, 3.8) is 0 Å². The zero-order chi connectivity index (χ0) is 8.41. The van der Waals surface area contributed by atoms with Crippen LogP contribution in [0.2, 0.25) is 0 Å². The van der Waals surface area contributed by atoms with Crippen molar-refractivity contribution in [2.75, 3.05) is 0 Å². The highest BCUT2D eigenvalue weighted by molar-refractivity contribution is 5.08. The lowest BCUT2D eigenvalue weighted by molar-refractivity contribution is 1.10. The minimum atomic E-state index is 1.16. The van der Waals surface area contributed by atoms with E-state index < -0.39 is 0 Å². The minimum absolute atomic E-state index is 1.16. The summed E-state index contributed by atoms with van der Waals surface area (Å²) < 4.78 is 0. The van der Waals surface area contributed by atoms with Gasteiger partial charge in [-0.2, -0.15) is 0 Å². The Kier molecular flexibility index (Phi) is 12.9. The molecule has 0 atom stereocenters. The van der Waals surface area contributed by atoms with Crippen LogP contribution in [0, 0.1) is 12.8 Å². The van der Waals surface area contributed by atoms with E-state index in [0.29, 0.717) is 0 Å². The van der Waals surface area contributed by atoms with E-state index in [2.05, 4.69) is 38.8 Å². The molecule has 0 rings (SSSR count). The first-order valence-electron chi connectivity index (χ1n) is 3.43. The normalized spacial score (nSPS) is 10.7. The largest absolute Gasteiger partial charge is 0.124 e. The van der Waals surface area contributed by atoms with Crippen LogP contribution in [0.3, 0.4) is 0 Å². The van der Waals surface area contributed by atoms with Gasteiger partial charge in [0.15, 0.2) is 0 Å². The first-order valence-corrected chi connectivity index (χ1v) is 3.43. The number of allylic oxidation sites excluding steroid dienone is 4. The van der Waals surface area contributed by atoms with Gasteiger partial charge < -0.3 is 0 Å². The van der Waals surface area contributed by atoms with Crippen molar-refractivity contribution in [1.82, 2.24) is 0 Å². The number of rotatable bonds is 2. The molecule has 0 spiro atoms. The van der Waals surface area contributed by atoms with E-state index in [9.17, 15) is 0 Å². The van der Waals surface area contributed by atoms with Crippen LogP contribution in [0.15, 0.2) is 23.8 Å². The standard InChI is InChI=1S/C8H14.C2H2/c1-4-6-7-8(3)5-2;1-2/h4,6-7H,5H2,1-3H3;1-2H/b6-4-,8-7+;. The molecular formula is C10H16. The summed E-state index contributed by atoms with van der Waals surface area (Å²) in [5, 5.41) is 0. The van der Waals surface area contributed by atoms with Crippen molar-refractivity contribution in [3.8, 4) is 12.8 Å². The van der Waals surface area contributed by atoms with E-state index >= 15 is 0 Å². The predicted octanol–water partition coefficient (Wildman–Crippen LogP) is 3.17. The average molecular weight is 136 g/mol. The molecule has 0 aromatic carbocycles. The predicted molar refractivity (Wildman–Crippen MR) is 48.8 cm³/mol. The molecule has 0 unspecified atom stereocenters. The van der Waals surface area contributed by atoms with Gasteiger partial charge >= 0.3 is 0 Å². The molecule has 0 amide bonds. The summed E-state index contributed by atoms with van der Waals surface area (Å²) in [6.45, 7) is 6.33. The van der Waals surface area contributed by atoms with Crippen LogP contribution >= 0.6 is 0 Å². The number of hydrogen-bond donors (Lipinski definition) is 0. The van der Waals surface area contributed by atoms with Crippen molar-refractivity contribution in [3.05, 3.63) is 23.8 Å². The van der Waals surface area contributed by atoms with Gasteiger partial charge in [0.2, 0.25) is 0 Å². The Morgan fingerprint density at radius 1 is 1.40 bits per heavy atom. The lowest BCUT2D eigenvalue weighted by Crippen LogP contribution is -1.66. The SMILES string of the molecule is C#C.C/C=C\C=C(/C)CC. The first-order chi connectivity index (χ1) is 4.81. The monoisotopic (exact) mass is 136 g/mol. The Bertz CT molecular complexity index is 124. The van der Waals surface area contributed by atoms with Crippen molar-refractivity contribution < 1.29 is 0 Å². The summed E-state index contributed by atoms with van der Waals surface area (Å²) in [7, 11) is 0. The lowest BCUT2D eigenvalue weighted by Gasteiger charge is -1.87. The maximum absolute atomic E-state index is 4.00. The van der Waals surface area contributed by atoms with Gasteiger partial charge in [-0.3, -0.25) is 0 Å². The summed E-state index contributed by atoms with van der Waals surface area (Å²) in [5.74, 6) is 0. The van der Waals surface area contributed by atoms with E-state index in [1.54, 1.807) is 0 Å². The molecule has 0 heteroatoms. The maximum Gasteiger partial charge on any atom is -0.0349 e. The van der Waals surface area contributed by atoms with Crippen molar-refractivity contribution in [1.29, 1.82) is 0 Å². The molecule has 0 fully saturated rings. The van der Waals surface area contributed by atoms with Gasteiger partial charge in [0.05, 0.1) is 0 Å². The molecule has 56 valence electrons. The molecular weight excluding hydrogens is 120 g/mol. The van der Waals surface area contributed by atoms with E-state index in [0.717, 1.165) is 6.42 Å². The van der Waals surface area contributed by atoms with Crippen LogP contribution in [0.1, 0.15) is 27.2 Å². The fraction of sp³-hybridized carbons (Fsp3) is 0.400. The van der Waals surface area contributed by atoms with Gasteiger partial charge in [0.1, 0.15) is 0 Å². The average Bonchev–Trinajstić information content (AvgIpc) is 2.04. The summed E-state index contributed by atoms with van der Waals surface area (Å²) in [5.41, 5.74) is 1.43. The van der Waals surface area contributed by atoms with E-state index in [1.165, 1.54) is 5.57 Å². The molecule has 0 aliphatic rings. The second kappa shape index (κ2) is 10.9. The zero-order valence-electron chi connectivity index (χ0n) is 7.09. The summed E-state index contributed by atoms with van der Waals surface area (Å²) in [4.78, 5) is 0. The molecule has 0 saturated heterocycles. The third kappa shape index (κ3) is 10.1. The molecule has 0 nitrogen and oxygen atoms in total. The van der Waals surface area contributed by atoms with Crippen LogP contribution in [0.25, 0.3) is 0 Å². The molecule has 0 aliphatic carbocycles. The van der Waals surface area contributed by atoms with Gasteiger partial charge in [-0.15, -0.1) is 12.8 Å². The molecule has 0 saturated carbocycles. The van der Waals surface area contributed by atoms with Crippen LogP contribution in [0.5, 0.6) is 0 Å². The highest BCUT2D eigenvalue weighted by Gasteiger charge is 1.75. The number of hydrogen-bond acceptors (Lipinski definition) is 0. The third-order valence-corrected chi connectivity index (χ3v) is 1.13. The molecule has 10 heavy (non-hydrogen) atoms. The molecule has 0 aromatic heterocycles. The fourth-order valence-electron chi connectivity index (χ4n) is 0.378. The first kappa shape index (κ1) is 11.8. The molecule has 0 N–H and O–H groups in total. The van der Waals surface area contributed by atoms with Gasteiger partial charge in [-0.1, -0.05) is 30.7 Å². The van der Waals surface area contributed by atoms with Gasteiger partial charge in [0.25, 0.3) is 0 Å². The Hall–Kier alpha value is -0.960. The molecule has 0 bridgehead atoms. The van der Waals surface area contributed by atoms with Crippen LogP contribution in [-0.4, -0.2) is 0 Å². The van der Waals surface area contributed by atoms with Crippen LogP contribution in [0.4, 0.5) is 0 Å². The molecule has 0 aromatic rings. The maximum atomic E-state index is 4.00. The smallest absolute Gasteiger partial charge is 0.0349 e. The molecule has 0 heterocycles. The second-order valence-electron chi connectivity index (χ2n) is 1.89. The van der Waals surface area contributed by atoms with Gasteiger partial charge in [-0.05, 0) is 20.3 Å². The lowest BCUT2D eigenvalue weighted by atomic mass is 10.2. The third-order valence-electron chi connectivity index (χ3n) is 1.13. The van der Waals surface area contributed by atoms with Crippen molar-refractivity contribution in [2.45, 2.75) is 27.2 Å². The number of terminal acetylenes is 1. The zero-order valence-corrected chi connectivity index (χ0v) is 7.09. The van der Waals surface area contributed by atoms with Crippen molar-refractivity contribution in [2.24, 2.45) is 0 Å². The quantitative estimate of drug-likeness (QED) is 0.404. The van der Waals surface area contributed by atoms with Gasteiger partial charge in [0, 0.05) is 0 Å². The van der Waals surface area contributed by atoms with Crippen molar-refractivity contribution >= 4 is 0 Å². The highest BCUT2D eigenvalue weighted by Crippen LogP contribution is 1.96. The van der Waals surface area contributed by atoms with Gasteiger partial charge in [-0.25, -0.2) is 0 Å². The Labute approximate surface area is 64.6 Å². The van der Waals surface area contributed by atoms with Crippen LogP contribution < -0.4 is 0 Å². The highest BCUT2D eigenvalue weighted by atomic mass is 13.8. The minimum Gasteiger partial charge on any atom is -0.124 e. The van der Waals surface area contributed by atoms with Crippen LogP contribution in [-0.2, 0) is 0 Å². The molecule has 0 aliphatic heterocycles. The van der Waals surface area contributed by atoms with E-state index in [-0.39, 0.29) is 0 Å². The van der Waals surface area contributed by atoms with E-state index in [1.807, 2.05) is 13.0 Å². The Morgan fingerprint density at radius 2 is 1.90 bits per heavy atom. The summed E-state index contributed by atoms with van der Waals surface area (Å²) in [6.07, 6.45) is 15.4. The fourth-order valence-corrected chi connectivity index (χ4v) is 0.378. The Morgan fingerprint density at radius 3 is 2.20 bits per heavy atom. The topological polar surface area (TPSA) is 0 Å². The van der Waals surface area contributed by atoms with E-state index in [4.69, 9.17) is 0 Å². The summed E-state index contributed by atoms with van der Waals surface area (Å²) >= 11 is 0.